The molecule has 0 bridgehead atoms. The zero-order chi connectivity index (χ0) is 22.0. The monoisotopic (exact) mass is 435 g/mol. The van der Waals surface area contributed by atoms with Crippen molar-refractivity contribution < 1.29 is 9.47 Å². The van der Waals surface area contributed by atoms with Gasteiger partial charge in [0.25, 0.3) is 0 Å². The van der Waals surface area contributed by atoms with E-state index in [-0.39, 0.29) is 6.79 Å². The first-order valence-corrected chi connectivity index (χ1v) is 10.8. The molecule has 0 amide bonds. The van der Waals surface area contributed by atoms with Gasteiger partial charge in [-0.25, -0.2) is 9.50 Å². The Bertz CT molecular complexity index is 1460. The largest absolute Gasteiger partial charge is 0.462 e. The van der Waals surface area contributed by atoms with Crippen LogP contribution < -0.4 is 4.90 Å². The Labute approximate surface area is 190 Å². The van der Waals surface area contributed by atoms with Gasteiger partial charge in [0, 0.05) is 35.5 Å². The Morgan fingerprint density at radius 2 is 1.82 bits per heavy atom. The van der Waals surface area contributed by atoms with Gasteiger partial charge in [0.05, 0.1) is 18.3 Å². The number of ether oxygens (including phenoxy) is 2. The summed E-state index contributed by atoms with van der Waals surface area (Å²) in [6.45, 7) is 1.49. The number of benzene rings is 2. The van der Waals surface area contributed by atoms with Crippen molar-refractivity contribution in [2.45, 2.75) is 6.54 Å². The average Bonchev–Trinajstić information content (AvgIpc) is 3.53. The second-order valence-corrected chi connectivity index (χ2v) is 7.85. The molecule has 0 aliphatic carbocycles. The topological polar surface area (TPSA) is 64.8 Å². The Morgan fingerprint density at radius 3 is 2.70 bits per heavy atom. The molecular weight excluding hydrogens is 414 g/mol. The summed E-state index contributed by atoms with van der Waals surface area (Å²) in [5, 5.41) is 5.63. The van der Waals surface area contributed by atoms with Crippen LogP contribution in [0.2, 0.25) is 0 Å². The summed E-state index contributed by atoms with van der Waals surface area (Å²) in [5.41, 5.74) is 4.86. The molecule has 0 unspecified atom stereocenters. The third-order valence-corrected chi connectivity index (χ3v) is 5.69. The average molecular weight is 435 g/mol. The number of pyridine rings is 1. The molecule has 0 spiro atoms. The molecular formula is C26H21N5O2. The van der Waals surface area contributed by atoms with Gasteiger partial charge >= 0.3 is 0 Å². The van der Waals surface area contributed by atoms with Crippen LogP contribution >= 0.6 is 0 Å². The quantitative estimate of drug-likeness (QED) is 0.382. The number of hydrogen-bond donors (Lipinski definition) is 0. The number of anilines is 1. The molecule has 3 aromatic heterocycles. The number of para-hydroxylation sites is 1. The van der Waals surface area contributed by atoms with Gasteiger partial charge in [-0.05, 0) is 17.7 Å². The van der Waals surface area contributed by atoms with Crippen molar-refractivity contribution >= 4 is 22.4 Å². The minimum atomic E-state index is 0.252. The van der Waals surface area contributed by atoms with Gasteiger partial charge in [0.15, 0.2) is 11.4 Å². The first-order valence-electron chi connectivity index (χ1n) is 10.8. The fourth-order valence-electron chi connectivity index (χ4n) is 4.11. The van der Waals surface area contributed by atoms with E-state index < -0.39 is 0 Å². The summed E-state index contributed by atoms with van der Waals surface area (Å²) in [6.07, 6.45) is 7.28. The molecule has 1 aliphatic rings. The lowest BCUT2D eigenvalue weighted by Gasteiger charge is -2.24. The van der Waals surface area contributed by atoms with Crippen molar-refractivity contribution in [1.82, 2.24) is 19.6 Å². The molecule has 0 saturated heterocycles. The molecule has 0 atom stereocenters. The van der Waals surface area contributed by atoms with Crippen molar-refractivity contribution in [2.75, 3.05) is 18.2 Å². The second-order valence-electron chi connectivity index (χ2n) is 7.85. The van der Waals surface area contributed by atoms with E-state index in [1.807, 2.05) is 55.0 Å². The first kappa shape index (κ1) is 19.3. The van der Waals surface area contributed by atoms with E-state index in [4.69, 9.17) is 14.5 Å². The highest BCUT2D eigenvalue weighted by molar-refractivity contribution is 5.96. The van der Waals surface area contributed by atoms with Crippen molar-refractivity contribution in [3.8, 4) is 11.1 Å². The van der Waals surface area contributed by atoms with Crippen LogP contribution in [0.5, 0.6) is 0 Å². The molecule has 0 fully saturated rings. The third kappa shape index (κ3) is 3.74. The summed E-state index contributed by atoms with van der Waals surface area (Å²) in [7, 11) is 0. The number of hydrogen-bond acceptors (Lipinski definition) is 6. The predicted molar refractivity (Wildman–Crippen MR) is 126 cm³/mol. The zero-order valence-electron chi connectivity index (χ0n) is 17.8. The Kier molecular flexibility index (Phi) is 4.84. The maximum absolute atomic E-state index is 5.60. The number of aromatic nitrogens is 4. The standard InChI is InChI=1S/C26H21N5O2/c1-2-6-19(7-3-1)15-30(16-21-17-32-18-33-21)24-11-13-31-26(29-24)23(14-28-31)22-10-4-8-20-9-5-12-27-25(20)22/h1-14,17H,15-16,18H2. The van der Waals surface area contributed by atoms with Gasteiger partial charge in [-0.2, -0.15) is 5.10 Å². The SMILES string of the molecule is C1=C(CN(Cc2ccccc2)c2ccn3ncc(-c4cccc5cccnc45)c3n2)OCO1. The lowest BCUT2D eigenvalue weighted by Crippen LogP contribution is -2.26. The smallest absolute Gasteiger partial charge is 0.229 e. The van der Waals surface area contributed by atoms with Crippen LogP contribution in [0.25, 0.3) is 27.7 Å². The molecule has 162 valence electrons. The number of nitrogens with zero attached hydrogens (tertiary/aromatic N) is 5. The highest BCUT2D eigenvalue weighted by Crippen LogP contribution is 2.30. The Hall–Kier alpha value is -4.39. The predicted octanol–water partition coefficient (Wildman–Crippen LogP) is 4.80. The Morgan fingerprint density at radius 1 is 0.909 bits per heavy atom. The minimum Gasteiger partial charge on any atom is -0.462 e. The van der Waals surface area contributed by atoms with E-state index in [0.717, 1.165) is 39.3 Å². The number of fused-ring (bicyclic) bond motifs is 2. The van der Waals surface area contributed by atoms with Gasteiger partial charge < -0.3 is 14.4 Å². The van der Waals surface area contributed by atoms with Crippen LogP contribution in [0.4, 0.5) is 5.82 Å². The fourth-order valence-corrected chi connectivity index (χ4v) is 4.11. The van der Waals surface area contributed by atoms with Gasteiger partial charge in [-0.15, -0.1) is 0 Å². The van der Waals surface area contributed by atoms with Gasteiger partial charge in [0.1, 0.15) is 12.1 Å². The van der Waals surface area contributed by atoms with Crippen molar-refractivity contribution in [3.63, 3.8) is 0 Å². The van der Waals surface area contributed by atoms with Crippen molar-refractivity contribution in [3.05, 3.63) is 103 Å². The van der Waals surface area contributed by atoms with Crippen LogP contribution in [0.15, 0.2) is 97.3 Å². The van der Waals surface area contributed by atoms with Crippen molar-refractivity contribution in [1.29, 1.82) is 0 Å². The van der Waals surface area contributed by atoms with Crippen LogP contribution in [0.1, 0.15) is 5.56 Å². The van der Waals surface area contributed by atoms with Crippen LogP contribution in [-0.4, -0.2) is 32.9 Å². The molecule has 2 aromatic carbocycles. The molecule has 4 heterocycles. The minimum absolute atomic E-state index is 0.252. The summed E-state index contributed by atoms with van der Waals surface area (Å²) < 4.78 is 12.7. The van der Waals surface area contributed by atoms with Crippen LogP contribution in [0.3, 0.4) is 0 Å². The van der Waals surface area contributed by atoms with E-state index in [1.54, 1.807) is 10.8 Å². The molecule has 0 N–H and O–H groups in total. The Balaban J connectivity index is 1.44. The maximum atomic E-state index is 5.60. The van der Waals surface area contributed by atoms with Gasteiger partial charge in [-0.1, -0.05) is 54.6 Å². The summed E-state index contributed by atoms with van der Waals surface area (Å²) in [4.78, 5) is 11.8. The van der Waals surface area contributed by atoms with Crippen molar-refractivity contribution in [2.24, 2.45) is 0 Å². The molecule has 0 radical (unpaired) electrons. The van der Waals surface area contributed by atoms with Crippen LogP contribution in [0, 0.1) is 0 Å². The molecule has 7 nitrogen and oxygen atoms in total. The normalized spacial score (nSPS) is 13.0. The lowest BCUT2D eigenvalue weighted by atomic mass is 10.0. The van der Waals surface area contributed by atoms with Crippen LogP contribution in [-0.2, 0) is 16.0 Å². The molecule has 5 aromatic rings. The molecule has 7 heteroatoms. The number of rotatable bonds is 6. The first-order chi connectivity index (χ1) is 16.3. The van der Waals surface area contributed by atoms with E-state index in [1.165, 1.54) is 5.56 Å². The fraction of sp³-hybridized carbons (Fsp3) is 0.115. The summed E-state index contributed by atoms with van der Waals surface area (Å²) in [6, 6.07) is 22.5. The van der Waals surface area contributed by atoms with Gasteiger partial charge in [0.2, 0.25) is 6.79 Å². The molecule has 6 rings (SSSR count). The van der Waals surface area contributed by atoms with E-state index in [2.05, 4.69) is 45.3 Å². The molecule has 0 saturated carbocycles. The zero-order valence-corrected chi connectivity index (χ0v) is 17.8. The maximum Gasteiger partial charge on any atom is 0.229 e. The highest BCUT2D eigenvalue weighted by Gasteiger charge is 2.18. The summed E-state index contributed by atoms with van der Waals surface area (Å²) >= 11 is 0. The van der Waals surface area contributed by atoms with E-state index in [0.29, 0.717) is 13.1 Å². The van der Waals surface area contributed by atoms with Gasteiger partial charge in [-0.3, -0.25) is 4.98 Å². The lowest BCUT2D eigenvalue weighted by molar-refractivity contribution is 0.0797. The highest BCUT2D eigenvalue weighted by atomic mass is 16.7. The summed E-state index contributed by atoms with van der Waals surface area (Å²) in [5.74, 6) is 1.61. The molecule has 1 aliphatic heterocycles. The van der Waals surface area contributed by atoms with E-state index in [9.17, 15) is 0 Å². The molecule has 33 heavy (non-hydrogen) atoms. The second kappa shape index (κ2) is 8.27. The third-order valence-electron chi connectivity index (χ3n) is 5.69. The van der Waals surface area contributed by atoms with E-state index >= 15 is 0 Å².